The molecular weight excluding hydrogens is 633 g/mol. The fraction of sp³-hybridized carbons (Fsp3) is 0.250. The van der Waals surface area contributed by atoms with Gasteiger partial charge in [-0.05, 0) is 91.3 Å². The van der Waals surface area contributed by atoms with Crippen LogP contribution < -0.4 is 10.7 Å². The van der Waals surface area contributed by atoms with Crippen molar-refractivity contribution >= 4 is 73.3 Å². The molecule has 6 aromatic rings. The Hall–Kier alpha value is -5.69. The van der Waals surface area contributed by atoms with Crippen LogP contribution in [0.4, 0.5) is 4.79 Å². The van der Waals surface area contributed by atoms with Gasteiger partial charge in [-0.25, -0.2) is 4.79 Å². The molecule has 1 N–H and O–H groups in total. The number of carbonyl (C=O) groups is 3. The monoisotopic (exact) mass is 674 g/mol. The van der Waals surface area contributed by atoms with Gasteiger partial charge in [-0.2, -0.15) is 0 Å². The van der Waals surface area contributed by atoms with Crippen molar-refractivity contribution in [2.75, 3.05) is 13.1 Å². The van der Waals surface area contributed by atoms with Crippen LogP contribution in [0.2, 0.25) is 0 Å². The van der Waals surface area contributed by atoms with E-state index in [1.165, 1.54) is 42.2 Å². The van der Waals surface area contributed by atoms with Crippen molar-refractivity contribution in [3.8, 4) is 0 Å². The maximum absolute atomic E-state index is 14.2. The van der Waals surface area contributed by atoms with Crippen LogP contribution in [0.25, 0.3) is 55.5 Å². The molecule has 1 saturated carbocycles. The summed E-state index contributed by atoms with van der Waals surface area (Å²) in [5, 5.41) is 9.23. The number of nitrogens with zero attached hydrogens (tertiary/aromatic N) is 3. The Morgan fingerprint density at radius 3 is 1.94 bits per heavy atom. The van der Waals surface area contributed by atoms with Crippen LogP contribution in [0.15, 0.2) is 107 Å². The summed E-state index contributed by atoms with van der Waals surface area (Å²) in [6, 6.07) is 25.0. The number of unbranched alkanes of at least 4 members (excludes halogenated alkanes) is 1. The standard InChI is InChI=1S/C44H42N4O3/c1-4-7-27-48-36(33-20-10-16-29-18-12-22-37(48)40(29)33)26-24-31-14-8-13-30(38(31)41-42(49)46(5-2)44(51)47(6-3)43(41)50)23-25-34-32-19-9-15-28-17-11-21-35(45-34)39(28)32/h9-12,15-26,45H,4-8,13-14,27H2,1-3H3/b30-23+,31-24+,34-25+,36-26+. The Bertz CT molecular complexity index is 2560. The number of hydrogen-bond acceptors (Lipinski definition) is 3. The van der Waals surface area contributed by atoms with E-state index in [4.69, 9.17) is 0 Å². The average Bonchev–Trinajstić information content (AvgIpc) is 3.66. The second-order valence-electron chi connectivity index (χ2n) is 13.5. The van der Waals surface area contributed by atoms with Crippen LogP contribution in [0.3, 0.4) is 0 Å². The third-order valence-electron chi connectivity index (χ3n) is 10.6. The number of allylic oxidation sites excluding steroid dienone is 5. The quantitative estimate of drug-likeness (QED) is 0.137. The Morgan fingerprint density at radius 1 is 0.667 bits per heavy atom. The molecule has 4 aromatic carbocycles. The maximum atomic E-state index is 14.2. The van der Waals surface area contributed by atoms with Gasteiger partial charge in [0, 0.05) is 62.9 Å². The van der Waals surface area contributed by atoms with Crippen molar-refractivity contribution in [1.82, 2.24) is 19.4 Å². The van der Waals surface area contributed by atoms with Gasteiger partial charge in [0.05, 0.1) is 0 Å². The molecule has 0 atom stereocenters. The van der Waals surface area contributed by atoms with Gasteiger partial charge in [-0.3, -0.25) is 19.4 Å². The summed E-state index contributed by atoms with van der Waals surface area (Å²) in [5.74, 6) is -1.05. The lowest BCUT2D eigenvalue weighted by molar-refractivity contribution is -0.135. The number of rotatable bonds is 7. The number of hydrogen-bond donors (Lipinski definition) is 1. The van der Waals surface area contributed by atoms with E-state index in [1.807, 2.05) is 0 Å². The molecule has 0 spiro atoms. The van der Waals surface area contributed by atoms with Crippen molar-refractivity contribution in [2.24, 2.45) is 0 Å². The molecule has 0 radical (unpaired) electrons. The number of amides is 4. The first-order valence-electron chi connectivity index (χ1n) is 18.3. The first-order valence-corrected chi connectivity index (χ1v) is 18.3. The largest absolute Gasteiger partial charge is 0.354 e. The number of likely N-dealkylation sites (N-methyl/N-ethyl adjacent to an activating group) is 2. The van der Waals surface area contributed by atoms with Crippen LogP contribution in [0.5, 0.6) is 0 Å². The van der Waals surface area contributed by atoms with E-state index in [1.54, 1.807) is 13.8 Å². The summed E-state index contributed by atoms with van der Waals surface area (Å²) in [4.78, 5) is 47.6. The Morgan fingerprint density at radius 2 is 1.27 bits per heavy atom. The van der Waals surface area contributed by atoms with E-state index in [2.05, 4.69) is 114 Å². The topological polar surface area (TPSA) is 78.4 Å². The number of H-pyrrole nitrogens is 1. The average molecular weight is 675 g/mol. The summed E-state index contributed by atoms with van der Waals surface area (Å²) in [6.45, 7) is 7.03. The lowest BCUT2D eigenvalue weighted by Gasteiger charge is -2.35. The number of aryl methyl sites for hydroxylation is 1. The zero-order valence-electron chi connectivity index (χ0n) is 29.5. The van der Waals surface area contributed by atoms with Crippen LogP contribution in [0, 0.1) is 0 Å². The molecule has 51 heavy (non-hydrogen) atoms. The van der Waals surface area contributed by atoms with Gasteiger partial charge in [0.1, 0.15) is 5.57 Å². The summed E-state index contributed by atoms with van der Waals surface area (Å²) >= 11 is 0. The molecule has 8 rings (SSSR count). The third kappa shape index (κ3) is 5.30. The lowest BCUT2D eigenvalue weighted by atomic mass is 9.80. The SMILES string of the molecule is CCCCn1/c(=C/C=C2\CCC/C(=C\C=c3\[nH]c4cccc5cccc3c54)C2=C2C(=O)N(CC)C(=O)N(CC)C2=O)c2cccc3cccc1c32. The number of urea groups is 1. The van der Waals surface area contributed by atoms with Gasteiger partial charge in [0.15, 0.2) is 0 Å². The fourth-order valence-corrected chi connectivity index (χ4v) is 8.18. The number of carbonyl (C=O) groups excluding carboxylic acids is 3. The molecule has 2 aliphatic rings. The molecule has 0 unspecified atom stereocenters. The van der Waals surface area contributed by atoms with Gasteiger partial charge >= 0.3 is 6.03 Å². The van der Waals surface area contributed by atoms with Gasteiger partial charge in [0.2, 0.25) is 0 Å². The second kappa shape index (κ2) is 13.2. The predicted octanol–water partition coefficient (Wildman–Crippen LogP) is 8.09. The number of benzene rings is 4. The van der Waals surface area contributed by atoms with E-state index in [9.17, 15) is 14.4 Å². The minimum atomic E-state index is -0.556. The highest BCUT2D eigenvalue weighted by Gasteiger charge is 2.43. The first kappa shape index (κ1) is 32.5. The molecule has 7 heteroatoms. The lowest BCUT2D eigenvalue weighted by Crippen LogP contribution is -2.56. The summed E-state index contributed by atoms with van der Waals surface area (Å²) in [7, 11) is 0. The molecule has 1 saturated heterocycles. The molecule has 3 heterocycles. The number of barbiturate groups is 1. The smallest absolute Gasteiger partial charge is 0.333 e. The van der Waals surface area contributed by atoms with Crippen LogP contribution in [-0.4, -0.2) is 50.3 Å². The normalized spacial score (nSPS) is 18.5. The zero-order chi connectivity index (χ0) is 35.2. The van der Waals surface area contributed by atoms with Crippen molar-refractivity contribution in [2.45, 2.75) is 59.4 Å². The Balaban J connectivity index is 1.37. The van der Waals surface area contributed by atoms with Crippen molar-refractivity contribution in [3.05, 3.63) is 118 Å². The molecule has 0 bridgehead atoms. The number of aromatic amines is 1. The maximum Gasteiger partial charge on any atom is 0.333 e. The van der Waals surface area contributed by atoms with E-state index in [-0.39, 0.29) is 18.7 Å². The zero-order valence-corrected chi connectivity index (χ0v) is 29.5. The van der Waals surface area contributed by atoms with E-state index in [0.717, 1.165) is 58.6 Å². The third-order valence-corrected chi connectivity index (χ3v) is 10.6. The molecule has 2 aromatic heterocycles. The molecule has 2 fully saturated rings. The summed E-state index contributed by atoms with van der Waals surface area (Å²) in [6.07, 6.45) is 12.9. The minimum absolute atomic E-state index is 0.0803. The molecule has 256 valence electrons. The number of aromatic nitrogens is 2. The fourth-order valence-electron chi connectivity index (χ4n) is 8.18. The highest BCUT2D eigenvalue weighted by atomic mass is 16.2. The van der Waals surface area contributed by atoms with E-state index in [0.29, 0.717) is 18.4 Å². The minimum Gasteiger partial charge on any atom is -0.354 e. The van der Waals surface area contributed by atoms with Gasteiger partial charge in [0.25, 0.3) is 11.8 Å². The molecule has 1 aliphatic carbocycles. The highest BCUT2D eigenvalue weighted by Crippen LogP contribution is 2.38. The first-order chi connectivity index (χ1) is 24.9. The molecule has 1 aliphatic heterocycles. The van der Waals surface area contributed by atoms with Crippen molar-refractivity contribution in [1.29, 1.82) is 0 Å². The van der Waals surface area contributed by atoms with Gasteiger partial charge in [-0.15, -0.1) is 0 Å². The molecule has 7 nitrogen and oxygen atoms in total. The Labute approximate surface area is 296 Å². The van der Waals surface area contributed by atoms with Crippen molar-refractivity contribution in [3.63, 3.8) is 0 Å². The van der Waals surface area contributed by atoms with Gasteiger partial charge in [-0.1, -0.05) is 86.2 Å². The van der Waals surface area contributed by atoms with Crippen molar-refractivity contribution < 1.29 is 14.4 Å². The Kier molecular flexibility index (Phi) is 8.42. The highest BCUT2D eigenvalue weighted by molar-refractivity contribution is 6.30. The van der Waals surface area contributed by atoms with E-state index >= 15 is 0 Å². The summed E-state index contributed by atoms with van der Waals surface area (Å²) < 4.78 is 2.41. The number of imide groups is 2. The van der Waals surface area contributed by atoms with Crippen LogP contribution in [0.1, 0.15) is 52.9 Å². The number of nitrogens with one attached hydrogen (secondary N) is 1. The van der Waals surface area contributed by atoms with E-state index < -0.39 is 17.8 Å². The van der Waals surface area contributed by atoms with Crippen LogP contribution >= 0.6 is 0 Å². The molecule has 4 amide bonds. The molecular formula is C44H42N4O3. The second-order valence-corrected chi connectivity index (χ2v) is 13.5. The van der Waals surface area contributed by atoms with Crippen LogP contribution in [-0.2, 0) is 16.1 Å². The predicted molar refractivity (Wildman–Crippen MR) is 207 cm³/mol. The van der Waals surface area contributed by atoms with Gasteiger partial charge < -0.3 is 9.55 Å². The summed E-state index contributed by atoms with van der Waals surface area (Å²) in [5.41, 5.74) is 4.86.